The molecule has 36 heavy (non-hydrogen) atoms. The third kappa shape index (κ3) is 6.32. The molecule has 0 aliphatic rings. The van der Waals surface area contributed by atoms with Gasteiger partial charge in [0.05, 0.1) is 17.5 Å². The quantitative estimate of drug-likeness (QED) is 0.177. The van der Waals surface area contributed by atoms with E-state index in [2.05, 4.69) is 20.7 Å². The predicted octanol–water partition coefficient (Wildman–Crippen LogP) is 6.16. The number of thioether (sulfide) groups is 1. The van der Waals surface area contributed by atoms with Crippen molar-refractivity contribution in [2.45, 2.75) is 18.3 Å². The van der Waals surface area contributed by atoms with E-state index in [1.807, 2.05) is 47.9 Å². The fraction of sp³-hybridized carbons (Fsp3) is 0.120. The molecular weight excluding hydrogens is 511 g/mol. The van der Waals surface area contributed by atoms with Gasteiger partial charge in [0.15, 0.2) is 11.0 Å². The Kier molecular flexibility index (Phi) is 7.76. The van der Waals surface area contributed by atoms with Gasteiger partial charge >= 0.3 is 6.18 Å². The Labute approximate surface area is 214 Å². The lowest BCUT2D eigenvalue weighted by molar-refractivity contribution is -0.137. The molecule has 0 aliphatic carbocycles. The number of hydrogen-bond acceptors (Lipinski definition) is 5. The van der Waals surface area contributed by atoms with E-state index in [4.69, 9.17) is 11.6 Å². The summed E-state index contributed by atoms with van der Waals surface area (Å²) in [6, 6.07) is 19.5. The van der Waals surface area contributed by atoms with Gasteiger partial charge in [0.2, 0.25) is 0 Å². The highest BCUT2D eigenvalue weighted by atomic mass is 35.5. The minimum Gasteiger partial charge on any atom is -0.272 e. The lowest BCUT2D eigenvalue weighted by Gasteiger charge is -2.10. The number of aryl methyl sites for hydroxylation is 1. The zero-order valence-electron chi connectivity index (χ0n) is 18.8. The van der Waals surface area contributed by atoms with E-state index in [1.54, 1.807) is 12.1 Å². The van der Waals surface area contributed by atoms with E-state index in [9.17, 15) is 18.0 Å². The predicted molar refractivity (Wildman–Crippen MR) is 134 cm³/mol. The van der Waals surface area contributed by atoms with Crippen molar-refractivity contribution >= 4 is 35.5 Å². The molecule has 11 heteroatoms. The standard InChI is InChI=1S/C25H19ClF3N5OS/c1-16-2-6-18(7-3-16)23-32-33-24(34(23)21-12-10-20(26)11-13-21)36-15-22(35)31-30-14-17-4-8-19(9-5-17)25(27,28)29/h2-14H,15H2,1H3,(H,31,35)/b30-14+. The van der Waals surface area contributed by atoms with Crippen LogP contribution in [-0.2, 0) is 11.0 Å². The highest BCUT2D eigenvalue weighted by Crippen LogP contribution is 2.30. The Morgan fingerprint density at radius 2 is 1.69 bits per heavy atom. The number of halogens is 4. The summed E-state index contributed by atoms with van der Waals surface area (Å²) in [6.45, 7) is 1.99. The van der Waals surface area contributed by atoms with Gasteiger partial charge in [0, 0.05) is 16.3 Å². The second-order valence-electron chi connectivity index (χ2n) is 7.69. The van der Waals surface area contributed by atoms with Gasteiger partial charge in [-0.2, -0.15) is 18.3 Å². The summed E-state index contributed by atoms with van der Waals surface area (Å²) in [4.78, 5) is 12.3. The molecule has 184 valence electrons. The molecule has 1 aromatic heterocycles. The minimum atomic E-state index is -4.41. The van der Waals surface area contributed by atoms with Crippen LogP contribution in [0.3, 0.4) is 0 Å². The van der Waals surface area contributed by atoms with Crippen LogP contribution in [0.2, 0.25) is 5.02 Å². The first-order valence-corrected chi connectivity index (χ1v) is 12.0. The Morgan fingerprint density at radius 3 is 2.33 bits per heavy atom. The smallest absolute Gasteiger partial charge is 0.272 e. The van der Waals surface area contributed by atoms with Crippen molar-refractivity contribution < 1.29 is 18.0 Å². The van der Waals surface area contributed by atoms with Crippen molar-refractivity contribution in [1.82, 2.24) is 20.2 Å². The topological polar surface area (TPSA) is 72.2 Å². The maximum Gasteiger partial charge on any atom is 0.416 e. The Morgan fingerprint density at radius 1 is 1.03 bits per heavy atom. The molecule has 4 rings (SSSR count). The first kappa shape index (κ1) is 25.5. The number of benzene rings is 3. The van der Waals surface area contributed by atoms with Crippen molar-refractivity contribution in [2.75, 3.05) is 5.75 Å². The van der Waals surface area contributed by atoms with Crippen LogP contribution in [0.25, 0.3) is 17.1 Å². The van der Waals surface area contributed by atoms with E-state index in [-0.39, 0.29) is 5.75 Å². The van der Waals surface area contributed by atoms with Crippen LogP contribution < -0.4 is 5.43 Å². The van der Waals surface area contributed by atoms with Gasteiger partial charge in [-0.1, -0.05) is 65.3 Å². The van der Waals surface area contributed by atoms with Crippen LogP contribution in [0, 0.1) is 6.92 Å². The number of hydrogen-bond donors (Lipinski definition) is 1. The average molecular weight is 530 g/mol. The van der Waals surface area contributed by atoms with E-state index in [0.29, 0.717) is 21.6 Å². The van der Waals surface area contributed by atoms with Crippen LogP contribution in [0.1, 0.15) is 16.7 Å². The average Bonchev–Trinajstić information content (AvgIpc) is 3.27. The third-order valence-electron chi connectivity index (χ3n) is 5.00. The molecule has 0 saturated carbocycles. The summed E-state index contributed by atoms with van der Waals surface area (Å²) in [5.41, 5.74) is 4.79. The molecule has 1 amide bonds. The van der Waals surface area contributed by atoms with E-state index < -0.39 is 17.6 Å². The third-order valence-corrected chi connectivity index (χ3v) is 6.18. The summed E-state index contributed by atoms with van der Waals surface area (Å²) >= 11 is 7.22. The summed E-state index contributed by atoms with van der Waals surface area (Å²) < 4.78 is 39.8. The molecule has 0 fully saturated rings. The van der Waals surface area contributed by atoms with Gasteiger partial charge < -0.3 is 0 Å². The maximum atomic E-state index is 12.7. The zero-order valence-corrected chi connectivity index (χ0v) is 20.4. The number of aromatic nitrogens is 3. The molecule has 6 nitrogen and oxygen atoms in total. The number of carbonyl (C=O) groups is 1. The molecule has 0 saturated heterocycles. The molecule has 0 spiro atoms. The van der Waals surface area contributed by atoms with Gasteiger partial charge in [0.25, 0.3) is 5.91 Å². The number of alkyl halides is 3. The van der Waals surface area contributed by atoms with Crippen LogP contribution >= 0.6 is 23.4 Å². The lowest BCUT2D eigenvalue weighted by Crippen LogP contribution is -2.20. The molecule has 3 aromatic carbocycles. The summed E-state index contributed by atoms with van der Waals surface area (Å²) in [6.07, 6.45) is -3.14. The summed E-state index contributed by atoms with van der Waals surface area (Å²) in [5, 5.41) is 13.5. The first-order valence-electron chi connectivity index (χ1n) is 10.6. The molecule has 0 aliphatic heterocycles. The molecule has 0 unspecified atom stereocenters. The molecule has 0 radical (unpaired) electrons. The Hall–Kier alpha value is -3.63. The molecule has 0 bridgehead atoms. The molecular formula is C25H19ClF3N5OS. The molecule has 0 atom stereocenters. The van der Waals surface area contributed by atoms with Gasteiger partial charge in [-0.3, -0.25) is 9.36 Å². The van der Waals surface area contributed by atoms with Crippen molar-refractivity contribution in [3.63, 3.8) is 0 Å². The van der Waals surface area contributed by atoms with Crippen molar-refractivity contribution in [3.05, 3.63) is 94.5 Å². The fourth-order valence-corrected chi connectivity index (χ4v) is 4.05. The van der Waals surface area contributed by atoms with Crippen LogP contribution in [0.5, 0.6) is 0 Å². The Balaban J connectivity index is 1.46. The molecule has 1 N–H and O–H groups in total. The number of nitrogens with zero attached hydrogens (tertiary/aromatic N) is 4. The maximum absolute atomic E-state index is 12.7. The Bertz CT molecular complexity index is 1370. The monoisotopic (exact) mass is 529 g/mol. The number of amides is 1. The van der Waals surface area contributed by atoms with E-state index >= 15 is 0 Å². The van der Waals surface area contributed by atoms with Crippen LogP contribution in [0.4, 0.5) is 13.2 Å². The number of rotatable bonds is 7. The fourth-order valence-electron chi connectivity index (χ4n) is 3.18. The van der Waals surface area contributed by atoms with Gasteiger partial charge in [-0.25, -0.2) is 5.43 Å². The van der Waals surface area contributed by atoms with E-state index in [0.717, 1.165) is 28.9 Å². The number of hydrazone groups is 1. The highest BCUT2D eigenvalue weighted by molar-refractivity contribution is 7.99. The van der Waals surface area contributed by atoms with Gasteiger partial charge in [-0.15, -0.1) is 10.2 Å². The van der Waals surface area contributed by atoms with Crippen molar-refractivity contribution in [2.24, 2.45) is 5.10 Å². The van der Waals surface area contributed by atoms with Gasteiger partial charge in [-0.05, 0) is 48.9 Å². The van der Waals surface area contributed by atoms with Crippen LogP contribution in [-0.4, -0.2) is 32.6 Å². The minimum absolute atomic E-state index is 0.00995. The second-order valence-corrected chi connectivity index (χ2v) is 9.06. The zero-order chi connectivity index (χ0) is 25.7. The summed E-state index contributed by atoms with van der Waals surface area (Å²) in [5.74, 6) is 0.190. The van der Waals surface area contributed by atoms with Crippen LogP contribution in [0.15, 0.2) is 83.1 Å². The van der Waals surface area contributed by atoms with Gasteiger partial charge in [0.1, 0.15) is 0 Å². The van der Waals surface area contributed by atoms with Crippen molar-refractivity contribution in [3.8, 4) is 17.1 Å². The lowest BCUT2D eigenvalue weighted by atomic mass is 10.1. The molecule has 4 aromatic rings. The normalized spacial score (nSPS) is 11.7. The SMILES string of the molecule is Cc1ccc(-c2nnc(SCC(=O)N/N=C/c3ccc(C(F)(F)F)cc3)n2-c2ccc(Cl)cc2)cc1. The number of carbonyl (C=O) groups excluding carboxylic acids is 1. The van der Waals surface area contributed by atoms with E-state index in [1.165, 1.54) is 30.1 Å². The highest BCUT2D eigenvalue weighted by Gasteiger charge is 2.29. The first-order chi connectivity index (χ1) is 17.2. The number of nitrogens with one attached hydrogen (secondary N) is 1. The molecule has 1 heterocycles. The summed E-state index contributed by atoms with van der Waals surface area (Å²) in [7, 11) is 0. The van der Waals surface area contributed by atoms with Crippen molar-refractivity contribution in [1.29, 1.82) is 0 Å². The largest absolute Gasteiger partial charge is 0.416 e. The second kappa shape index (κ2) is 11.0.